The molecule has 0 radical (unpaired) electrons. The van der Waals surface area contributed by atoms with Gasteiger partial charge in [-0.3, -0.25) is 4.90 Å². The maximum atomic E-state index is 9.81. The van der Waals surface area contributed by atoms with Gasteiger partial charge in [0.05, 0.1) is 19.3 Å². The Morgan fingerprint density at radius 2 is 2.06 bits per heavy atom. The zero-order valence-electron chi connectivity index (χ0n) is 10.1. The molecule has 1 fully saturated rings. The Bertz CT molecular complexity index is 175. The van der Waals surface area contributed by atoms with Crippen LogP contribution in [-0.2, 0) is 4.74 Å². The normalized spacial score (nSPS) is 21.9. The highest BCUT2D eigenvalue weighted by Crippen LogP contribution is 1.98. The van der Waals surface area contributed by atoms with Gasteiger partial charge < -0.3 is 20.3 Å². The summed E-state index contributed by atoms with van der Waals surface area (Å²) >= 11 is 0. The Balaban J connectivity index is 2.07. The van der Waals surface area contributed by atoms with Crippen LogP contribution < -0.4 is 5.32 Å². The van der Waals surface area contributed by atoms with E-state index >= 15 is 0 Å². The van der Waals surface area contributed by atoms with E-state index in [-0.39, 0.29) is 18.8 Å². The molecule has 2 atom stereocenters. The molecular weight excluding hydrogens is 208 g/mol. The first kappa shape index (κ1) is 13.9. The van der Waals surface area contributed by atoms with Crippen molar-refractivity contribution in [2.24, 2.45) is 0 Å². The number of β-amino-alcohol motifs (C(OH)–C–C–N with tert-alkyl or cyclic N) is 1. The molecule has 0 aliphatic carbocycles. The first-order valence-electron chi connectivity index (χ1n) is 6.04. The van der Waals surface area contributed by atoms with Crippen LogP contribution in [0.4, 0.5) is 0 Å². The van der Waals surface area contributed by atoms with Gasteiger partial charge in [-0.1, -0.05) is 0 Å². The molecule has 1 rings (SSSR count). The van der Waals surface area contributed by atoms with Crippen LogP contribution in [0.15, 0.2) is 0 Å². The summed E-state index contributed by atoms with van der Waals surface area (Å²) in [6.07, 6.45) is 0.379. The molecule has 1 aliphatic heterocycles. The monoisotopic (exact) mass is 232 g/mol. The minimum absolute atomic E-state index is 0.188. The van der Waals surface area contributed by atoms with Gasteiger partial charge in [0.2, 0.25) is 0 Å². The van der Waals surface area contributed by atoms with Crippen LogP contribution in [0.25, 0.3) is 0 Å². The van der Waals surface area contributed by atoms with Gasteiger partial charge in [-0.05, 0) is 13.3 Å². The van der Waals surface area contributed by atoms with Crippen LogP contribution in [-0.4, -0.2) is 73.3 Å². The standard InChI is InChI=1S/C11H24N2O3/c1-10(2-5-14)12-8-11(15)9-13-3-6-16-7-4-13/h10-12,14-15H,2-9H2,1H3. The van der Waals surface area contributed by atoms with E-state index in [9.17, 15) is 5.11 Å². The Hall–Kier alpha value is -0.200. The molecule has 1 saturated heterocycles. The van der Waals surface area contributed by atoms with Crippen molar-refractivity contribution in [3.05, 3.63) is 0 Å². The molecule has 1 heterocycles. The fraction of sp³-hybridized carbons (Fsp3) is 1.00. The summed E-state index contributed by atoms with van der Waals surface area (Å²) in [6, 6.07) is 0.254. The van der Waals surface area contributed by atoms with Crippen LogP contribution in [0, 0.1) is 0 Å². The number of ether oxygens (including phenoxy) is 1. The fourth-order valence-electron chi connectivity index (χ4n) is 1.78. The smallest absolute Gasteiger partial charge is 0.0791 e. The lowest BCUT2D eigenvalue weighted by Gasteiger charge is -2.29. The summed E-state index contributed by atoms with van der Waals surface area (Å²) in [4.78, 5) is 2.21. The summed E-state index contributed by atoms with van der Waals surface area (Å²) in [5.41, 5.74) is 0. The van der Waals surface area contributed by atoms with Crippen molar-refractivity contribution >= 4 is 0 Å². The van der Waals surface area contributed by atoms with Crippen LogP contribution in [0.1, 0.15) is 13.3 Å². The van der Waals surface area contributed by atoms with E-state index < -0.39 is 0 Å². The summed E-state index contributed by atoms with van der Waals surface area (Å²) < 4.78 is 5.24. The topological polar surface area (TPSA) is 65.0 Å². The number of nitrogens with one attached hydrogen (secondary N) is 1. The van der Waals surface area contributed by atoms with E-state index in [1.807, 2.05) is 6.92 Å². The average Bonchev–Trinajstić information content (AvgIpc) is 2.28. The largest absolute Gasteiger partial charge is 0.396 e. The van der Waals surface area contributed by atoms with Crippen molar-refractivity contribution in [1.82, 2.24) is 10.2 Å². The highest BCUT2D eigenvalue weighted by Gasteiger charge is 2.15. The van der Waals surface area contributed by atoms with E-state index in [1.54, 1.807) is 0 Å². The average molecular weight is 232 g/mol. The van der Waals surface area contributed by atoms with Crippen molar-refractivity contribution in [3.8, 4) is 0 Å². The summed E-state index contributed by atoms with van der Waals surface area (Å²) in [7, 11) is 0. The third kappa shape index (κ3) is 5.77. The third-order valence-corrected chi connectivity index (χ3v) is 2.84. The van der Waals surface area contributed by atoms with Gasteiger partial charge in [0.1, 0.15) is 0 Å². The van der Waals surface area contributed by atoms with Crippen molar-refractivity contribution in [3.63, 3.8) is 0 Å². The highest BCUT2D eigenvalue weighted by atomic mass is 16.5. The Kier molecular flexibility index (Phi) is 6.91. The highest BCUT2D eigenvalue weighted by molar-refractivity contribution is 4.71. The molecule has 0 aromatic rings. The Morgan fingerprint density at radius 3 is 2.69 bits per heavy atom. The van der Waals surface area contributed by atoms with Crippen LogP contribution in [0.2, 0.25) is 0 Å². The van der Waals surface area contributed by atoms with Crippen molar-refractivity contribution in [2.45, 2.75) is 25.5 Å². The molecular formula is C11H24N2O3. The quantitative estimate of drug-likeness (QED) is 0.528. The molecule has 5 heteroatoms. The molecule has 0 bridgehead atoms. The fourth-order valence-corrected chi connectivity index (χ4v) is 1.78. The van der Waals surface area contributed by atoms with E-state index in [0.717, 1.165) is 32.7 Å². The van der Waals surface area contributed by atoms with E-state index in [2.05, 4.69) is 10.2 Å². The zero-order valence-corrected chi connectivity index (χ0v) is 10.1. The molecule has 0 spiro atoms. The van der Waals surface area contributed by atoms with E-state index in [0.29, 0.717) is 13.1 Å². The predicted molar refractivity (Wildman–Crippen MR) is 62.4 cm³/mol. The number of hydrogen-bond donors (Lipinski definition) is 3. The van der Waals surface area contributed by atoms with E-state index in [1.165, 1.54) is 0 Å². The number of rotatable bonds is 7. The minimum atomic E-state index is -0.348. The summed E-state index contributed by atoms with van der Waals surface area (Å²) in [5, 5.41) is 21.8. The molecule has 0 aromatic heterocycles. The van der Waals surface area contributed by atoms with Gasteiger partial charge in [-0.2, -0.15) is 0 Å². The maximum absolute atomic E-state index is 9.81. The molecule has 5 nitrogen and oxygen atoms in total. The molecule has 0 saturated carbocycles. The first-order chi connectivity index (χ1) is 7.72. The number of morpholine rings is 1. The molecule has 3 N–H and O–H groups in total. The number of aliphatic hydroxyl groups excluding tert-OH is 2. The molecule has 16 heavy (non-hydrogen) atoms. The molecule has 1 aliphatic rings. The Morgan fingerprint density at radius 1 is 1.38 bits per heavy atom. The number of hydrogen-bond acceptors (Lipinski definition) is 5. The molecule has 96 valence electrons. The van der Waals surface area contributed by atoms with Gasteiger partial charge in [-0.25, -0.2) is 0 Å². The zero-order chi connectivity index (χ0) is 11.8. The van der Waals surface area contributed by atoms with Gasteiger partial charge in [0, 0.05) is 38.8 Å². The maximum Gasteiger partial charge on any atom is 0.0791 e. The predicted octanol–water partition coefficient (Wildman–Crippen LogP) is -0.960. The van der Waals surface area contributed by atoms with Crippen LogP contribution >= 0.6 is 0 Å². The third-order valence-electron chi connectivity index (χ3n) is 2.84. The van der Waals surface area contributed by atoms with Gasteiger partial charge in [0.15, 0.2) is 0 Å². The number of aliphatic hydroxyl groups is 2. The SMILES string of the molecule is CC(CCO)NCC(O)CN1CCOCC1. The number of nitrogens with zero attached hydrogens (tertiary/aromatic N) is 1. The van der Waals surface area contributed by atoms with Crippen molar-refractivity contribution in [2.75, 3.05) is 46.0 Å². The van der Waals surface area contributed by atoms with Crippen LogP contribution in [0.5, 0.6) is 0 Å². The second-order valence-corrected chi connectivity index (χ2v) is 4.39. The second-order valence-electron chi connectivity index (χ2n) is 4.39. The van der Waals surface area contributed by atoms with Crippen LogP contribution in [0.3, 0.4) is 0 Å². The molecule has 0 aromatic carbocycles. The summed E-state index contributed by atoms with van der Waals surface area (Å²) in [6.45, 7) is 6.82. The lowest BCUT2D eigenvalue weighted by Crippen LogP contribution is -2.45. The Labute approximate surface area is 97.4 Å². The lowest BCUT2D eigenvalue weighted by molar-refractivity contribution is 0.0144. The van der Waals surface area contributed by atoms with E-state index in [4.69, 9.17) is 9.84 Å². The second kappa shape index (κ2) is 7.97. The van der Waals surface area contributed by atoms with Gasteiger partial charge in [0.25, 0.3) is 0 Å². The van der Waals surface area contributed by atoms with Gasteiger partial charge in [-0.15, -0.1) is 0 Å². The molecule has 0 amide bonds. The van der Waals surface area contributed by atoms with Crippen molar-refractivity contribution < 1.29 is 14.9 Å². The summed E-state index contributed by atoms with van der Waals surface area (Å²) in [5.74, 6) is 0. The van der Waals surface area contributed by atoms with Crippen molar-refractivity contribution in [1.29, 1.82) is 0 Å². The first-order valence-corrected chi connectivity index (χ1v) is 6.04. The minimum Gasteiger partial charge on any atom is -0.396 e. The van der Waals surface area contributed by atoms with Gasteiger partial charge >= 0.3 is 0 Å². The lowest BCUT2D eigenvalue weighted by atomic mass is 10.2. The molecule has 2 unspecified atom stereocenters.